The monoisotopic (exact) mass is 242 g/mol. The van der Waals surface area contributed by atoms with Gasteiger partial charge in [0, 0.05) is 12.6 Å². The Morgan fingerprint density at radius 2 is 2.17 bits per heavy atom. The van der Waals surface area contributed by atoms with Gasteiger partial charge in [-0.2, -0.15) is 5.10 Å². The lowest BCUT2D eigenvalue weighted by Crippen LogP contribution is -2.25. The van der Waals surface area contributed by atoms with E-state index in [2.05, 4.69) is 15.4 Å². The van der Waals surface area contributed by atoms with Crippen molar-refractivity contribution in [2.24, 2.45) is 0 Å². The lowest BCUT2D eigenvalue weighted by atomic mass is 10.2. The highest BCUT2D eigenvalue weighted by molar-refractivity contribution is 5.91. The molecule has 0 aliphatic carbocycles. The summed E-state index contributed by atoms with van der Waals surface area (Å²) in [5.74, 6) is -0.112. The molecule has 1 N–H and O–H groups in total. The molecule has 0 atom stereocenters. The highest BCUT2D eigenvalue weighted by atomic mass is 16.1. The van der Waals surface area contributed by atoms with Crippen LogP contribution in [-0.4, -0.2) is 27.2 Å². The number of carbonyl (C=O) groups excluding carboxylic acids is 1. The van der Waals surface area contributed by atoms with Crippen molar-refractivity contribution in [2.45, 2.75) is 6.54 Å². The van der Waals surface area contributed by atoms with Crippen LogP contribution in [0.5, 0.6) is 0 Å². The zero-order valence-electron chi connectivity index (χ0n) is 9.86. The SMILES string of the molecule is O=C(C=Cc1ccccc1)NCCn1cncn1. The third-order valence-corrected chi connectivity index (χ3v) is 2.33. The van der Waals surface area contributed by atoms with Gasteiger partial charge >= 0.3 is 0 Å². The molecular weight excluding hydrogens is 228 g/mol. The molecule has 2 rings (SSSR count). The molecule has 1 heterocycles. The van der Waals surface area contributed by atoms with Crippen LogP contribution in [0, 0.1) is 0 Å². The smallest absolute Gasteiger partial charge is 0.244 e. The van der Waals surface area contributed by atoms with Crippen LogP contribution in [-0.2, 0) is 11.3 Å². The third kappa shape index (κ3) is 3.86. The first-order chi connectivity index (χ1) is 8.84. The molecule has 2 aromatic rings. The summed E-state index contributed by atoms with van der Waals surface area (Å²) in [5, 5.41) is 6.72. The summed E-state index contributed by atoms with van der Waals surface area (Å²) in [6, 6.07) is 9.69. The predicted molar refractivity (Wildman–Crippen MR) is 68.5 cm³/mol. The summed E-state index contributed by atoms with van der Waals surface area (Å²) < 4.78 is 1.67. The number of hydrogen-bond acceptors (Lipinski definition) is 3. The summed E-state index contributed by atoms with van der Waals surface area (Å²) in [4.78, 5) is 15.3. The van der Waals surface area contributed by atoms with E-state index < -0.39 is 0 Å². The Labute approximate surface area is 105 Å². The van der Waals surface area contributed by atoms with Crippen LogP contribution in [0.1, 0.15) is 5.56 Å². The number of nitrogens with one attached hydrogen (secondary N) is 1. The highest BCUT2D eigenvalue weighted by Gasteiger charge is 1.95. The molecule has 0 saturated heterocycles. The van der Waals surface area contributed by atoms with Gasteiger partial charge in [0.2, 0.25) is 5.91 Å². The quantitative estimate of drug-likeness (QED) is 0.799. The number of hydrogen-bond donors (Lipinski definition) is 1. The Morgan fingerprint density at radius 3 is 2.89 bits per heavy atom. The van der Waals surface area contributed by atoms with Gasteiger partial charge in [0.25, 0.3) is 0 Å². The van der Waals surface area contributed by atoms with Crippen molar-refractivity contribution < 1.29 is 4.79 Å². The zero-order valence-corrected chi connectivity index (χ0v) is 9.86. The molecule has 5 nitrogen and oxygen atoms in total. The van der Waals surface area contributed by atoms with Crippen LogP contribution in [0.25, 0.3) is 6.08 Å². The minimum atomic E-state index is -0.112. The standard InChI is InChI=1S/C13H14N4O/c18-13(7-6-12-4-2-1-3-5-12)15-8-9-17-11-14-10-16-17/h1-7,10-11H,8-9H2,(H,15,18). The second-order valence-corrected chi connectivity index (χ2v) is 3.69. The van der Waals surface area contributed by atoms with Crippen molar-refractivity contribution in [3.8, 4) is 0 Å². The topological polar surface area (TPSA) is 59.8 Å². The van der Waals surface area contributed by atoms with E-state index in [4.69, 9.17) is 0 Å². The van der Waals surface area contributed by atoms with Crippen LogP contribution in [0.4, 0.5) is 0 Å². The number of nitrogens with zero attached hydrogens (tertiary/aromatic N) is 3. The Morgan fingerprint density at radius 1 is 1.33 bits per heavy atom. The first kappa shape index (κ1) is 12.0. The van der Waals surface area contributed by atoms with E-state index in [-0.39, 0.29) is 5.91 Å². The van der Waals surface area contributed by atoms with Gasteiger partial charge in [0.05, 0.1) is 6.54 Å². The van der Waals surface area contributed by atoms with Gasteiger partial charge in [0.15, 0.2) is 0 Å². The van der Waals surface area contributed by atoms with Gasteiger partial charge in [-0.1, -0.05) is 30.3 Å². The largest absolute Gasteiger partial charge is 0.351 e. The van der Waals surface area contributed by atoms with Gasteiger partial charge in [-0.15, -0.1) is 0 Å². The Hall–Kier alpha value is -2.43. The fourth-order valence-corrected chi connectivity index (χ4v) is 1.44. The lowest BCUT2D eigenvalue weighted by Gasteiger charge is -2.01. The van der Waals surface area contributed by atoms with Crippen LogP contribution >= 0.6 is 0 Å². The molecule has 0 radical (unpaired) electrons. The lowest BCUT2D eigenvalue weighted by molar-refractivity contribution is -0.116. The first-order valence-electron chi connectivity index (χ1n) is 5.68. The number of benzene rings is 1. The normalized spacial score (nSPS) is 10.7. The minimum absolute atomic E-state index is 0.112. The van der Waals surface area contributed by atoms with Gasteiger partial charge < -0.3 is 5.32 Å². The molecule has 0 aliphatic rings. The second-order valence-electron chi connectivity index (χ2n) is 3.69. The molecule has 0 unspecified atom stereocenters. The molecule has 0 bridgehead atoms. The van der Waals surface area contributed by atoms with E-state index in [0.717, 1.165) is 5.56 Å². The Bertz CT molecular complexity index is 505. The molecule has 1 amide bonds. The maximum absolute atomic E-state index is 11.5. The van der Waals surface area contributed by atoms with E-state index in [1.165, 1.54) is 12.4 Å². The molecule has 0 aliphatic heterocycles. The van der Waals surface area contributed by atoms with Crippen molar-refractivity contribution in [3.05, 3.63) is 54.6 Å². The predicted octanol–water partition coefficient (Wildman–Crippen LogP) is 1.11. The number of carbonyl (C=O) groups is 1. The van der Waals surface area contributed by atoms with Crippen LogP contribution < -0.4 is 5.32 Å². The van der Waals surface area contributed by atoms with Crippen molar-refractivity contribution in [1.82, 2.24) is 20.1 Å². The number of amides is 1. The summed E-state index contributed by atoms with van der Waals surface area (Å²) >= 11 is 0. The van der Waals surface area contributed by atoms with Gasteiger partial charge in [-0.25, -0.2) is 4.98 Å². The molecular formula is C13H14N4O. The number of aromatic nitrogens is 3. The maximum atomic E-state index is 11.5. The molecule has 92 valence electrons. The Balaban J connectivity index is 1.74. The van der Waals surface area contributed by atoms with Crippen molar-refractivity contribution in [2.75, 3.05) is 6.54 Å². The van der Waals surface area contributed by atoms with Crippen LogP contribution in [0.3, 0.4) is 0 Å². The number of rotatable bonds is 5. The highest BCUT2D eigenvalue weighted by Crippen LogP contribution is 2.00. The minimum Gasteiger partial charge on any atom is -0.351 e. The molecule has 0 saturated carbocycles. The van der Waals surface area contributed by atoms with Gasteiger partial charge in [-0.05, 0) is 11.6 Å². The molecule has 0 spiro atoms. The van der Waals surface area contributed by atoms with Crippen molar-refractivity contribution >= 4 is 12.0 Å². The van der Waals surface area contributed by atoms with Crippen LogP contribution in [0.2, 0.25) is 0 Å². The van der Waals surface area contributed by atoms with E-state index in [1.54, 1.807) is 17.1 Å². The average molecular weight is 242 g/mol. The fraction of sp³-hybridized carbons (Fsp3) is 0.154. The summed E-state index contributed by atoms with van der Waals surface area (Å²) in [6.45, 7) is 1.15. The van der Waals surface area contributed by atoms with E-state index in [0.29, 0.717) is 13.1 Å². The summed E-state index contributed by atoms with van der Waals surface area (Å²) in [5.41, 5.74) is 1.00. The van der Waals surface area contributed by atoms with Gasteiger partial charge in [-0.3, -0.25) is 9.48 Å². The van der Waals surface area contributed by atoms with E-state index in [9.17, 15) is 4.79 Å². The Kier molecular flexibility index (Phi) is 4.24. The summed E-state index contributed by atoms with van der Waals surface area (Å²) in [6.07, 6.45) is 6.39. The molecule has 18 heavy (non-hydrogen) atoms. The van der Waals surface area contributed by atoms with E-state index >= 15 is 0 Å². The molecule has 1 aromatic heterocycles. The zero-order chi connectivity index (χ0) is 12.6. The van der Waals surface area contributed by atoms with Crippen LogP contribution in [0.15, 0.2) is 49.1 Å². The third-order valence-electron chi connectivity index (χ3n) is 2.33. The molecule has 0 fully saturated rings. The first-order valence-corrected chi connectivity index (χ1v) is 5.68. The maximum Gasteiger partial charge on any atom is 0.244 e. The summed E-state index contributed by atoms with van der Waals surface area (Å²) in [7, 11) is 0. The molecule has 1 aromatic carbocycles. The van der Waals surface area contributed by atoms with Gasteiger partial charge in [0.1, 0.15) is 12.7 Å². The van der Waals surface area contributed by atoms with E-state index in [1.807, 2.05) is 30.3 Å². The second kappa shape index (κ2) is 6.34. The fourth-order valence-electron chi connectivity index (χ4n) is 1.44. The average Bonchev–Trinajstić information content (AvgIpc) is 2.91. The van der Waals surface area contributed by atoms with Crippen molar-refractivity contribution in [1.29, 1.82) is 0 Å². The van der Waals surface area contributed by atoms with Crippen molar-refractivity contribution in [3.63, 3.8) is 0 Å². The molecule has 5 heteroatoms.